The number of hydrogen-bond donors (Lipinski definition) is 0. The lowest BCUT2D eigenvalue weighted by Crippen LogP contribution is -2.38. The molecule has 0 rings (SSSR count). The standard InChI is InChI=1S/C17H28O4/c1-3-4-5-6-7-8-9-10-11-12-13-14-16(17(19)20)21-15(2)18/h16H,3-11,14H2,1-2H3,(H,19,20)/p-1. The monoisotopic (exact) mass is 295 g/mol. The van der Waals surface area contributed by atoms with Gasteiger partial charge in [-0.3, -0.25) is 4.79 Å². The minimum absolute atomic E-state index is 0.00106. The first-order valence-electron chi connectivity index (χ1n) is 7.91. The van der Waals surface area contributed by atoms with E-state index in [1.165, 1.54) is 45.4 Å². The predicted octanol–water partition coefficient (Wildman–Crippen LogP) is 2.59. The number of carboxylic acids is 1. The van der Waals surface area contributed by atoms with E-state index in [9.17, 15) is 14.7 Å². The van der Waals surface area contributed by atoms with E-state index in [1.54, 1.807) is 0 Å². The zero-order valence-electron chi connectivity index (χ0n) is 13.3. The molecule has 0 N–H and O–H groups in total. The summed E-state index contributed by atoms with van der Waals surface area (Å²) in [6.45, 7) is 3.38. The Hall–Kier alpha value is -1.50. The molecule has 0 aliphatic rings. The first kappa shape index (κ1) is 19.5. The maximum Gasteiger partial charge on any atom is 0.303 e. The highest BCUT2D eigenvalue weighted by Gasteiger charge is 2.11. The zero-order valence-corrected chi connectivity index (χ0v) is 13.3. The average molecular weight is 295 g/mol. The van der Waals surface area contributed by atoms with Gasteiger partial charge in [0.2, 0.25) is 0 Å². The third-order valence-electron chi connectivity index (χ3n) is 3.14. The third kappa shape index (κ3) is 13.2. The molecule has 0 aromatic heterocycles. The normalized spacial score (nSPS) is 11.3. The van der Waals surface area contributed by atoms with Crippen LogP contribution in [0.2, 0.25) is 0 Å². The van der Waals surface area contributed by atoms with Crippen LogP contribution in [-0.4, -0.2) is 18.0 Å². The van der Waals surface area contributed by atoms with Crippen molar-refractivity contribution in [3.05, 3.63) is 0 Å². The van der Waals surface area contributed by atoms with Crippen molar-refractivity contribution in [1.29, 1.82) is 0 Å². The van der Waals surface area contributed by atoms with Gasteiger partial charge in [-0.25, -0.2) is 0 Å². The lowest BCUT2D eigenvalue weighted by atomic mass is 10.1. The van der Waals surface area contributed by atoms with Crippen LogP contribution < -0.4 is 5.11 Å². The van der Waals surface area contributed by atoms with E-state index >= 15 is 0 Å². The zero-order chi connectivity index (χ0) is 15.9. The van der Waals surface area contributed by atoms with E-state index in [1.807, 2.05) is 0 Å². The molecular formula is C17H27O4-. The molecule has 1 atom stereocenters. The summed E-state index contributed by atoms with van der Waals surface area (Å²) < 4.78 is 4.60. The van der Waals surface area contributed by atoms with Crippen molar-refractivity contribution < 1.29 is 19.4 Å². The summed E-state index contributed by atoms with van der Waals surface area (Å²) in [6, 6.07) is 0. The number of carbonyl (C=O) groups is 2. The van der Waals surface area contributed by atoms with Gasteiger partial charge in [0.15, 0.2) is 6.10 Å². The Kier molecular flexibility index (Phi) is 12.5. The van der Waals surface area contributed by atoms with E-state index in [0.29, 0.717) is 0 Å². The SMILES string of the molecule is CCCCCCCCCCC#CCC(OC(C)=O)C(=O)[O-]. The highest BCUT2D eigenvalue weighted by molar-refractivity contribution is 5.75. The number of unbranched alkanes of at least 4 members (excludes halogenated alkanes) is 8. The van der Waals surface area contributed by atoms with Crippen LogP contribution in [0.4, 0.5) is 0 Å². The average Bonchev–Trinajstić information content (AvgIpc) is 2.42. The molecule has 0 spiro atoms. The lowest BCUT2D eigenvalue weighted by molar-refractivity contribution is -0.315. The molecule has 0 saturated carbocycles. The van der Waals surface area contributed by atoms with Gasteiger partial charge in [-0.05, 0) is 6.42 Å². The van der Waals surface area contributed by atoms with Crippen LogP contribution in [0.5, 0.6) is 0 Å². The van der Waals surface area contributed by atoms with Gasteiger partial charge >= 0.3 is 5.97 Å². The molecule has 0 aromatic carbocycles. The molecule has 0 aliphatic carbocycles. The largest absolute Gasteiger partial charge is 0.546 e. The van der Waals surface area contributed by atoms with Gasteiger partial charge in [-0.2, -0.15) is 0 Å². The van der Waals surface area contributed by atoms with Crippen molar-refractivity contribution in [2.24, 2.45) is 0 Å². The summed E-state index contributed by atoms with van der Waals surface area (Å²) in [7, 11) is 0. The minimum Gasteiger partial charge on any atom is -0.546 e. The van der Waals surface area contributed by atoms with Crippen LogP contribution in [0.3, 0.4) is 0 Å². The molecule has 120 valence electrons. The second kappa shape index (κ2) is 13.5. The Balaban J connectivity index is 3.59. The Labute approximate surface area is 128 Å². The van der Waals surface area contributed by atoms with Crippen LogP contribution in [0.15, 0.2) is 0 Å². The molecule has 0 saturated heterocycles. The number of rotatable bonds is 11. The van der Waals surface area contributed by atoms with Crippen molar-refractivity contribution in [3.63, 3.8) is 0 Å². The lowest BCUT2D eigenvalue weighted by Gasteiger charge is -2.14. The fourth-order valence-corrected chi connectivity index (χ4v) is 1.97. The van der Waals surface area contributed by atoms with Gasteiger partial charge in [0.05, 0.1) is 12.4 Å². The van der Waals surface area contributed by atoms with E-state index in [-0.39, 0.29) is 6.42 Å². The van der Waals surface area contributed by atoms with E-state index in [0.717, 1.165) is 19.3 Å². The van der Waals surface area contributed by atoms with Gasteiger partial charge in [0, 0.05) is 13.3 Å². The fourth-order valence-electron chi connectivity index (χ4n) is 1.97. The Morgan fingerprint density at radius 1 is 1.00 bits per heavy atom. The molecular weight excluding hydrogens is 268 g/mol. The van der Waals surface area contributed by atoms with E-state index < -0.39 is 18.0 Å². The predicted molar refractivity (Wildman–Crippen MR) is 80.2 cm³/mol. The first-order valence-corrected chi connectivity index (χ1v) is 7.91. The molecule has 1 unspecified atom stereocenters. The number of hydrogen-bond acceptors (Lipinski definition) is 4. The molecule has 21 heavy (non-hydrogen) atoms. The Morgan fingerprint density at radius 2 is 1.57 bits per heavy atom. The van der Waals surface area contributed by atoms with Crippen LogP contribution in [0, 0.1) is 11.8 Å². The summed E-state index contributed by atoms with van der Waals surface area (Å²) in [4.78, 5) is 21.4. The van der Waals surface area contributed by atoms with Gasteiger partial charge in [-0.15, -0.1) is 5.92 Å². The van der Waals surface area contributed by atoms with E-state index in [2.05, 4.69) is 23.5 Å². The summed E-state index contributed by atoms with van der Waals surface area (Å²) in [6.07, 6.45) is 9.46. The van der Waals surface area contributed by atoms with Crippen molar-refractivity contribution in [2.75, 3.05) is 0 Å². The molecule has 0 amide bonds. The van der Waals surface area contributed by atoms with Gasteiger partial charge in [-0.1, -0.05) is 57.8 Å². The molecule has 0 aromatic rings. The molecule has 0 fully saturated rings. The van der Waals surface area contributed by atoms with Crippen LogP contribution in [-0.2, 0) is 14.3 Å². The maximum atomic E-state index is 10.7. The molecule has 0 bridgehead atoms. The number of carboxylic acid groups (broad SMARTS) is 1. The number of esters is 1. The molecule has 4 nitrogen and oxygen atoms in total. The number of ether oxygens (including phenoxy) is 1. The van der Waals surface area contributed by atoms with E-state index in [4.69, 9.17) is 0 Å². The molecule has 4 heteroatoms. The second-order valence-corrected chi connectivity index (χ2v) is 5.20. The maximum absolute atomic E-state index is 10.7. The van der Waals surface area contributed by atoms with Crippen molar-refractivity contribution >= 4 is 11.9 Å². The Morgan fingerprint density at radius 3 is 2.10 bits per heavy atom. The van der Waals surface area contributed by atoms with Crippen LogP contribution in [0.25, 0.3) is 0 Å². The Bertz CT molecular complexity index is 352. The molecule has 0 aliphatic heterocycles. The summed E-state index contributed by atoms with van der Waals surface area (Å²) in [5, 5.41) is 10.7. The topological polar surface area (TPSA) is 66.4 Å². The highest BCUT2D eigenvalue weighted by atomic mass is 16.6. The fraction of sp³-hybridized carbons (Fsp3) is 0.765. The van der Waals surface area contributed by atoms with Crippen molar-refractivity contribution in [3.8, 4) is 11.8 Å². The quantitative estimate of drug-likeness (QED) is 0.334. The second-order valence-electron chi connectivity index (χ2n) is 5.20. The summed E-state index contributed by atoms with van der Waals surface area (Å²) in [5.41, 5.74) is 0. The number of aliphatic carboxylic acids is 1. The van der Waals surface area contributed by atoms with Gasteiger partial charge in [0.1, 0.15) is 0 Å². The van der Waals surface area contributed by atoms with Crippen molar-refractivity contribution in [2.45, 2.75) is 84.2 Å². The smallest absolute Gasteiger partial charge is 0.303 e. The number of carbonyl (C=O) groups excluding carboxylic acids is 2. The highest BCUT2D eigenvalue weighted by Crippen LogP contribution is 2.09. The summed E-state index contributed by atoms with van der Waals surface area (Å²) in [5.74, 6) is 3.64. The third-order valence-corrected chi connectivity index (χ3v) is 3.14. The molecule has 0 heterocycles. The summed E-state index contributed by atoms with van der Waals surface area (Å²) >= 11 is 0. The van der Waals surface area contributed by atoms with Gasteiger partial charge < -0.3 is 14.6 Å². The molecule has 0 radical (unpaired) electrons. The van der Waals surface area contributed by atoms with Crippen molar-refractivity contribution in [1.82, 2.24) is 0 Å². The minimum atomic E-state index is -1.40. The van der Waals surface area contributed by atoms with Gasteiger partial charge in [0.25, 0.3) is 0 Å². The first-order chi connectivity index (χ1) is 10.1. The van der Waals surface area contributed by atoms with Crippen LogP contribution in [0.1, 0.15) is 78.1 Å². The van der Waals surface area contributed by atoms with Crippen LogP contribution >= 0.6 is 0 Å².